The Kier molecular flexibility index (Phi) is 7.02. The molecule has 0 aromatic heterocycles. The number of sulfonamides is 1. The maximum Gasteiger partial charge on any atom is 0.242 e. The number of ether oxygens (including phenoxy) is 1. The van der Waals surface area contributed by atoms with Gasteiger partial charge in [-0.1, -0.05) is 13.8 Å². The van der Waals surface area contributed by atoms with Crippen LogP contribution in [0.15, 0.2) is 23.1 Å². The summed E-state index contributed by atoms with van der Waals surface area (Å²) < 4.78 is 31.1. The fraction of sp³-hybridized carbons (Fsp3) is 0.562. The van der Waals surface area contributed by atoms with Crippen molar-refractivity contribution in [1.82, 2.24) is 4.31 Å². The molecule has 23 heavy (non-hydrogen) atoms. The van der Waals surface area contributed by atoms with E-state index in [4.69, 9.17) is 4.74 Å². The molecule has 0 spiro atoms. The van der Waals surface area contributed by atoms with Crippen LogP contribution in [0.5, 0.6) is 5.75 Å². The summed E-state index contributed by atoms with van der Waals surface area (Å²) in [6.07, 6.45) is 1.15. The van der Waals surface area contributed by atoms with Crippen LogP contribution >= 0.6 is 0 Å². The highest BCUT2D eigenvalue weighted by Gasteiger charge is 2.20. The normalized spacial score (nSPS) is 11.8. The summed E-state index contributed by atoms with van der Waals surface area (Å²) in [5, 5.41) is 2.76. The molecule has 0 aliphatic carbocycles. The molecule has 1 aromatic carbocycles. The zero-order valence-electron chi connectivity index (χ0n) is 14.4. The Morgan fingerprint density at radius 3 is 2.48 bits per heavy atom. The summed E-state index contributed by atoms with van der Waals surface area (Å²) in [5.74, 6) is 0.731. The van der Waals surface area contributed by atoms with Gasteiger partial charge in [0.25, 0.3) is 0 Å². The van der Waals surface area contributed by atoms with E-state index in [1.165, 1.54) is 26.2 Å². The minimum atomic E-state index is -3.57. The van der Waals surface area contributed by atoms with Crippen molar-refractivity contribution in [2.24, 2.45) is 5.92 Å². The molecular formula is C16H26N2O4S. The van der Waals surface area contributed by atoms with E-state index in [1.807, 2.05) is 20.8 Å². The Balaban J connectivity index is 3.09. The van der Waals surface area contributed by atoms with Gasteiger partial charge < -0.3 is 10.1 Å². The van der Waals surface area contributed by atoms with E-state index in [2.05, 4.69) is 5.32 Å². The number of nitrogens with one attached hydrogen (secondary N) is 1. The van der Waals surface area contributed by atoms with Crippen molar-refractivity contribution < 1.29 is 17.9 Å². The summed E-state index contributed by atoms with van der Waals surface area (Å²) in [6.45, 7) is 6.34. The lowest BCUT2D eigenvalue weighted by Crippen LogP contribution is -2.22. The lowest BCUT2D eigenvalue weighted by molar-refractivity contribution is -0.116. The molecule has 1 aromatic rings. The number of benzene rings is 1. The van der Waals surface area contributed by atoms with Crippen molar-refractivity contribution in [3.8, 4) is 5.75 Å². The number of carbonyl (C=O) groups excluding carboxylic acids is 1. The van der Waals surface area contributed by atoms with E-state index in [1.54, 1.807) is 6.07 Å². The van der Waals surface area contributed by atoms with E-state index in [9.17, 15) is 13.2 Å². The number of nitrogens with zero attached hydrogens (tertiary/aromatic N) is 1. The van der Waals surface area contributed by atoms with Gasteiger partial charge in [0.15, 0.2) is 0 Å². The maximum absolute atomic E-state index is 12.2. The van der Waals surface area contributed by atoms with Gasteiger partial charge in [0.05, 0.1) is 17.2 Å². The van der Waals surface area contributed by atoms with Crippen molar-refractivity contribution in [2.45, 2.75) is 38.5 Å². The molecule has 0 bridgehead atoms. The Hall–Kier alpha value is -1.60. The lowest BCUT2D eigenvalue weighted by atomic mass is 10.1. The fourth-order valence-electron chi connectivity index (χ4n) is 1.89. The third-order valence-corrected chi connectivity index (χ3v) is 5.06. The third kappa shape index (κ3) is 5.51. The van der Waals surface area contributed by atoms with Crippen LogP contribution in [0.25, 0.3) is 0 Å². The van der Waals surface area contributed by atoms with Crippen molar-refractivity contribution in [3.63, 3.8) is 0 Å². The first-order valence-electron chi connectivity index (χ1n) is 7.67. The quantitative estimate of drug-likeness (QED) is 0.788. The minimum Gasteiger partial charge on any atom is -0.492 e. The average molecular weight is 342 g/mol. The minimum absolute atomic E-state index is 0.116. The second kappa shape index (κ2) is 8.31. The number of rotatable bonds is 8. The molecule has 0 heterocycles. The molecule has 130 valence electrons. The molecule has 0 saturated heterocycles. The van der Waals surface area contributed by atoms with E-state index >= 15 is 0 Å². The Labute approximate surface area is 138 Å². The van der Waals surface area contributed by atoms with Gasteiger partial charge in [-0.05, 0) is 37.5 Å². The van der Waals surface area contributed by atoms with Gasteiger partial charge in [0.2, 0.25) is 15.9 Å². The SMILES string of the molecule is CCOc1ccc(S(=O)(=O)N(C)C)cc1NC(=O)CCC(C)C. The van der Waals surface area contributed by atoms with Crippen LogP contribution in [0, 0.1) is 5.92 Å². The second-order valence-electron chi connectivity index (χ2n) is 5.86. The monoisotopic (exact) mass is 342 g/mol. The molecule has 1 amide bonds. The molecule has 0 saturated carbocycles. The maximum atomic E-state index is 12.2. The highest BCUT2D eigenvalue weighted by molar-refractivity contribution is 7.89. The summed E-state index contributed by atoms with van der Waals surface area (Å²) >= 11 is 0. The van der Waals surface area contributed by atoms with Crippen molar-refractivity contribution in [1.29, 1.82) is 0 Å². The standard InChI is InChI=1S/C16H26N2O4S/c1-6-22-15-9-8-13(23(20,21)18(4)5)11-14(15)17-16(19)10-7-12(2)3/h8-9,11-12H,6-7,10H2,1-5H3,(H,17,19). The van der Waals surface area contributed by atoms with Gasteiger partial charge >= 0.3 is 0 Å². The molecule has 0 radical (unpaired) electrons. The van der Waals surface area contributed by atoms with Crippen molar-refractivity contribution in [3.05, 3.63) is 18.2 Å². The Bertz CT molecular complexity index is 639. The van der Waals surface area contributed by atoms with Crippen LogP contribution in [-0.2, 0) is 14.8 Å². The predicted octanol–water partition coefficient (Wildman–Crippen LogP) is 2.71. The zero-order valence-corrected chi connectivity index (χ0v) is 15.2. The fourth-order valence-corrected chi connectivity index (χ4v) is 2.82. The first kappa shape index (κ1) is 19.4. The molecule has 0 aliphatic rings. The highest BCUT2D eigenvalue weighted by atomic mass is 32.2. The largest absolute Gasteiger partial charge is 0.492 e. The van der Waals surface area contributed by atoms with Gasteiger partial charge in [-0.25, -0.2) is 12.7 Å². The van der Waals surface area contributed by atoms with E-state index < -0.39 is 10.0 Å². The molecule has 0 atom stereocenters. The highest BCUT2D eigenvalue weighted by Crippen LogP contribution is 2.29. The Morgan fingerprint density at radius 1 is 1.30 bits per heavy atom. The van der Waals surface area contributed by atoms with Crippen LogP contribution < -0.4 is 10.1 Å². The van der Waals surface area contributed by atoms with Gasteiger partial charge in [-0.2, -0.15) is 0 Å². The summed E-state index contributed by atoms with van der Waals surface area (Å²) in [6, 6.07) is 4.48. The number of hydrogen-bond acceptors (Lipinski definition) is 4. The molecule has 0 aliphatic heterocycles. The Morgan fingerprint density at radius 2 is 1.96 bits per heavy atom. The predicted molar refractivity (Wildman–Crippen MR) is 91.2 cm³/mol. The molecule has 7 heteroatoms. The van der Waals surface area contributed by atoms with Gasteiger partial charge in [-0.3, -0.25) is 4.79 Å². The topological polar surface area (TPSA) is 75.7 Å². The van der Waals surface area contributed by atoms with Gasteiger partial charge in [0, 0.05) is 20.5 Å². The van der Waals surface area contributed by atoms with Crippen LogP contribution in [0.1, 0.15) is 33.6 Å². The molecular weight excluding hydrogens is 316 g/mol. The van der Waals surface area contributed by atoms with Crippen LogP contribution in [0.4, 0.5) is 5.69 Å². The molecule has 0 unspecified atom stereocenters. The summed E-state index contributed by atoms with van der Waals surface area (Å²) in [4.78, 5) is 12.2. The van der Waals surface area contributed by atoms with Crippen LogP contribution in [-0.4, -0.2) is 39.3 Å². The first-order valence-corrected chi connectivity index (χ1v) is 9.11. The summed E-state index contributed by atoms with van der Waals surface area (Å²) in [5.41, 5.74) is 0.378. The zero-order chi connectivity index (χ0) is 17.6. The third-order valence-electron chi connectivity index (χ3n) is 3.25. The number of anilines is 1. The van der Waals surface area contributed by atoms with E-state index in [0.717, 1.165) is 10.7 Å². The van der Waals surface area contributed by atoms with Crippen LogP contribution in [0.3, 0.4) is 0 Å². The molecule has 1 N–H and O–H groups in total. The van der Waals surface area contributed by atoms with Crippen LogP contribution in [0.2, 0.25) is 0 Å². The molecule has 0 fully saturated rings. The van der Waals surface area contributed by atoms with Crippen molar-refractivity contribution in [2.75, 3.05) is 26.0 Å². The first-order chi connectivity index (χ1) is 10.7. The summed E-state index contributed by atoms with van der Waals surface area (Å²) in [7, 11) is -0.636. The van der Waals surface area contributed by atoms with E-state index in [-0.39, 0.29) is 10.8 Å². The van der Waals surface area contributed by atoms with E-state index in [0.29, 0.717) is 30.4 Å². The average Bonchev–Trinajstić information content (AvgIpc) is 2.46. The van der Waals surface area contributed by atoms with Crippen molar-refractivity contribution >= 4 is 21.6 Å². The molecule has 1 rings (SSSR count). The lowest BCUT2D eigenvalue weighted by Gasteiger charge is -2.16. The van der Waals surface area contributed by atoms with Gasteiger partial charge in [-0.15, -0.1) is 0 Å². The number of hydrogen-bond donors (Lipinski definition) is 1. The second-order valence-corrected chi connectivity index (χ2v) is 8.01. The van der Waals surface area contributed by atoms with Gasteiger partial charge in [0.1, 0.15) is 5.75 Å². The smallest absolute Gasteiger partial charge is 0.242 e. The number of amides is 1. The number of carbonyl (C=O) groups is 1. The molecule has 6 nitrogen and oxygen atoms in total.